The molecule has 1 unspecified atom stereocenters. The highest BCUT2D eigenvalue weighted by molar-refractivity contribution is 9.09. The van der Waals surface area contributed by atoms with Crippen molar-refractivity contribution in [3.63, 3.8) is 0 Å². The topological polar surface area (TPSA) is 9.23 Å². The van der Waals surface area contributed by atoms with E-state index in [2.05, 4.69) is 41.9 Å². The van der Waals surface area contributed by atoms with Crippen molar-refractivity contribution in [1.29, 1.82) is 0 Å². The fraction of sp³-hybridized carbons (Fsp3) is 0.455. The summed E-state index contributed by atoms with van der Waals surface area (Å²) in [5, 5.41) is 0. The van der Waals surface area contributed by atoms with E-state index in [-0.39, 0.29) is 0 Å². The molecule has 0 amide bonds. The number of hydrogen-bond acceptors (Lipinski definition) is 1. The summed E-state index contributed by atoms with van der Waals surface area (Å²) in [4.78, 5) is 0.387. The molecule has 0 saturated heterocycles. The van der Waals surface area contributed by atoms with Crippen LogP contribution in [0.1, 0.15) is 30.7 Å². The van der Waals surface area contributed by atoms with Crippen LogP contribution in [-0.2, 0) is 0 Å². The van der Waals surface area contributed by atoms with E-state index in [9.17, 15) is 0 Å². The highest BCUT2D eigenvalue weighted by atomic mass is 79.9. The molecule has 1 rings (SSSR count). The Bertz CT molecular complexity index is 258. The summed E-state index contributed by atoms with van der Waals surface area (Å²) in [7, 11) is 0. The zero-order valence-corrected chi connectivity index (χ0v) is 9.67. The maximum atomic E-state index is 5.53. The zero-order valence-electron chi connectivity index (χ0n) is 8.09. The van der Waals surface area contributed by atoms with Crippen molar-refractivity contribution in [2.24, 2.45) is 0 Å². The van der Waals surface area contributed by atoms with Crippen molar-refractivity contribution in [1.82, 2.24) is 0 Å². The maximum Gasteiger partial charge on any atom is 0.119 e. The molecular weight excluding hydrogens is 228 g/mol. The van der Waals surface area contributed by atoms with E-state index in [4.69, 9.17) is 4.74 Å². The standard InChI is InChI=1S/C11H15BrO/c1-3-7-13-11-6-4-5-10(8-11)9(2)12/h4-6,8-9H,3,7H2,1-2H3. The first-order chi connectivity index (χ1) is 6.24. The zero-order chi connectivity index (χ0) is 9.68. The lowest BCUT2D eigenvalue weighted by molar-refractivity contribution is 0.317. The normalized spacial score (nSPS) is 12.5. The van der Waals surface area contributed by atoms with Gasteiger partial charge in [-0.05, 0) is 31.0 Å². The second-order valence-electron chi connectivity index (χ2n) is 3.04. The summed E-state index contributed by atoms with van der Waals surface area (Å²) < 4.78 is 5.53. The maximum absolute atomic E-state index is 5.53. The molecule has 72 valence electrons. The van der Waals surface area contributed by atoms with Gasteiger partial charge in [0, 0.05) is 4.83 Å². The molecule has 2 heteroatoms. The highest BCUT2D eigenvalue weighted by Gasteiger charge is 2.01. The SMILES string of the molecule is CCCOc1cccc(C(C)Br)c1. The Labute approximate surface area is 88.2 Å². The Balaban J connectivity index is 2.68. The van der Waals surface area contributed by atoms with E-state index >= 15 is 0 Å². The molecule has 0 spiro atoms. The molecule has 1 aromatic carbocycles. The molecule has 1 atom stereocenters. The number of rotatable bonds is 4. The average Bonchev–Trinajstić information content (AvgIpc) is 2.15. The molecule has 0 heterocycles. The number of alkyl halides is 1. The summed E-state index contributed by atoms with van der Waals surface area (Å²) in [6.07, 6.45) is 1.05. The fourth-order valence-corrected chi connectivity index (χ4v) is 1.36. The smallest absolute Gasteiger partial charge is 0.119 e. The lowest BCUT2D eigenvalue weighted by Crippen LogP contribution is -1.95. The minimum absolute atomic E-state index is 0.387. The molecule has 1 aromatic rings. The van der Waals surface area contributed by atoms with Crippen molar-refractivity contribution in [2.75, 3.05) is 6.61 Å². The third kappa shape index (κ3) is 3.39. The van der Waals surface area contributed by atoms with Gasteiger partial charge in [0.2, 0.25) is 0 Å². The van der Waals surface area contributed by atoms with Gasteiger partial charge in [-0.1, -0.05) is 35.0 Å². The third-order valence-corrected chi connectivity index (χ3v) is 2.32. The molecule has 0 saturated carbocycles. The van der Waals surface area contributed by atoms with Gasteiger partial charge in [-0.25, -0.2) is 0 Å². The fourth-order valence-electron chi connectivity index (χ4n) is 1.07. The van der Waals surface area contributed by atoms with E-state index in [0.29, 0.717) is 4.83 Å². The van der Waals surface area contributed by atoms with Gasteiger partial charge >= 0.3 is 0 Å². The second kappa shape index (κ2) is 5.28. The van der Waals surface area contributed by atoms with Crippen molar-refractivity contribution < 1.29 is 4.74 Å². The largest absolute Gasteiger partial charge is 0.494 e. The Morgan fingerprint density at radius 2 is 2.23 bits per heavy atom. The third-order valence-electron chi connectivity index (χ3n) is 1.79. The van der Waals surface area contributed by atoms with Crippen molar-refractivity contribution in [3.8, 4) is 5.75 Å². The van der Waals surface area contributed by atoms with E-state index in [1.165, 1.54) is 5.56 Å². The van der Waals surface area contributed by atoms with Crippen molar-refractivity contribution in [3.05, 3.63) is 29.8 Å². The lowest BCUT2D eigenvalue weighted by Gasteiger charge is -2.07. The number of benzene rings is 1. The van der Waals surface area contributed by atoms with Crippen LogP contribution in [0.25, 0.3) is 0 Å². The van der Waals surface area contributed by atoms with Gasteiger partial charge in [-0.3, -0.25) is 0 Å². The summed E-state index contributed by atoms with van der Waals surface area (Å²) in [6, 6.07) is 8.19. The van der Waals surface area contributed by atoms with Gasteiger partial charge in [0.1, 0.15) is 5.75 Å². The first-order valence-corrected chi connectivity index (χ1v) is 5.52. The van der Waals surface area contributed by atoms with Gasteiger partial charge in [0.05, 0.1) is 6.61 Å². The lowest BCUT2D eigenvalue weighted by atomic mass is 10.2. The second-order valence-corrected chi connectivity index (χ2v) is 4.41. The van der Waals surface area contributed by atoms with Gasteiger partial charge in [-0.15, -0.1) is 0 Å². The molecule has 0 N–H and O–H groups in total. The first kappa shape index (κ1) is 10.6. The summed E-state index contributed by atoms with van der Waals surface area (Å²) >= 11 is 3.53. The van der Waals surface area contributed by atoms with Crippen LogP contribution in [0, 0.1) is 0 Å². The molecule has 13 heavy (non-hydrogen) atoms. The quantitative estimate of drug-likeness (QED) is 0.728. The van der Waals surface area contributed by atoms with Crippen LogP contribution in [0.2, 0.25) is 0 Å². The van der Waals surface area contributed by atoms with Crippen LogP contribution in [0.5, 0.6) is 5.75 Å². The Morgan fingerprint density at radius 1 is 1.46 bits per heavy atom. The van der Waals surface area contributed by atoms with Gasteiger partial charge in [0.25, 0.3) is 0 Å². The minimum Gasteiger partial charge on any atom is -0.494 e. The van der Waals surface area contributed by atoms with Crippen LogP contribution in [0.3, 0.4) is 0 Å². The number of hydrogen-bond donors (Lipinski definition) is 0. The summed E-state index contributed by atoms with van der Waals surface area (Å²) in [5.74, 6) is 0.964. The Morgan fingerprint density at radius 3 is 2.85 bits per heavy atom. The molecule has 0 fully saturated rings. The van der Waals surface area contributed by atoms with Gasteiger partial charge in [0.15, 0.2) is 0 Å². The Kier molecular flexibility index (Phi) is 4.29. The predicted octanol–water partition coefficient (Wildman–Crippen LogP) is 3.93. The van der Waals surface area contributed by atoms with Crippen LogP contribution in [-0.4, -0.2) is 6.61 Å². The number of halogens is 1. The van der Waals surface area contributed by atoms with Crippen LogP contribution < -0.4 is 4.74 Å². The van der Waals surface area contributed by atoms with Crippen LogP contribution in [0.4, 0.5) is 0 Å². The highest BCUT2D eigenvalue weighted by Crippen LogP contribution is 2.24. The van der Waals surface area contributed by atoms with E-state index in [0.717, 1.165) is 18.8 Å². The number of ether oxygens (including phenoxy) is 1. The first-order valence-electron chi connectivity index (χ1n) is 4.61. The molecule has 1 nitrogen and oxygen atoms in total. The van der Waals surface area contributed by atoms with E-state index in [1.807, 2.05) is 12.1 Å². The molecule has 0 aromatic heterocycles. The summed E-state index contributed by atoms with van der Waals surface area (Å²) in [5.41, 5.74) is 1.26. The predicted molar refractivity (Wildman–Crippen MR) is 59.6 cm³/mol. The van der Waals surface area contributed by atoms with E-state index < -0.39 is 0 Å². The van der Waals surface area contributed by atoms with E-state index in [1.54, 1.807) is 0 Å². The Hall–Kier alpha value is -0.500. The minimum atomic E-state index is 0.387. The van der Waals surface area contributed by atoms with Crippen molar-refractivity contribution >= 4 is 15.9 Å². The van der Waals surface area contributed by atoms with Gasteiger partial charge < -0.3 is 4.74 Å². The monoisotopic (exact) mass is 242 g/mol. The van der Waals surface area contributed by atoms with Crippen LogP contribution in [0.15, 0.2) is 24.3 Å². The average molecular weight is 243 g/mol. The van der Waals surface area contributed by atoms with Crippen molar-refractivity contribution in [2.45, 2.75) is 25.1 Å². The summed E-state index contributed by atoms with van der Waals surface area (Å²) in [6.45, 7) is 5.01. The molecule has 0 aliphatic rings. The van der Waals surface area contributed by atoms with Gasteiger partial charge in [-0.2, -0.15) is 0 Å². The molecule has 0 radical (unpaired) electrons. The van der Waals surface area contributed by atoms with Crippen LogP contribution >= 0.6 is 15.9 Å². The molecular formula is C11H15BrO. The molecule has 0 aliphatic carbocycles. The molecule has 0 aliphatic heterocycles. The molecule has 0 bridgehead atoms.